The monoisotopic (exact) mass is 469 g/mol. The van der Waals surface area contributed by atoms with Crippen molar-refractivity contribution < 1.29 is 14.0 Å². The van der Waals surface area contributed by atoms with Crippen molar-refractivity contribution in [1.29, 1.82) is 0 Å². The molecule has 0 aliphatic heterocycles. The molecule has 1 aliphatic rings. The van der Waals surface area contributed by atoms with Gasteiger partial charge in [-0.1, -0.05) is 25.7 Å². The van der Waals surface area contributed by atoms with Gasteiger partial charge in [-0.05, 0) is 56.0 Å². The van der Waals surface area contributed by atoms with Gasteiger partial charge in [0.25, 0.3) is 5.91 Å². The number of hydrogen-bond donors (Lipinski definition) is 1. The van der Waals surface area contributed by atoms with Crippen LogP contribution in [0.15, 0.2) is 36.5 Å². The summed E-state index contributed by atoms with van der Waals surface area (Å²) in [6, 6.07) is 7.93. The smallest absolute Gasteiger partial charge is 0.254 e. The molecule has 8 heteroatoms. The molecule has 1 aliphatic carbocycles. The third kappa shape index (κ3) is 7.50. The van der Waals surface area contributed by atoms with Gasteiger partial charge >= 0.3 is 0 Å². The largest absolute Gasteiger partial charge is 0.357 e. The van der Waals surface area contributed by atoms with Gasteiger partial charge in [0.2, 0.25) is 11.9 Å². The highest BCUT2D eigenvalue weighted by Crippen LogP contribution is 2.25. The lowest BCUT2D eigenvalue weighted by molar-refractivity contribution is -0.130. The fourth-order valence-electron chi connectivity index (χ4n) is 4.46. The number of nitrogens with one attached hydrogen (secondary N) is 1. The molecule has 0 unspecified atom stereocenters. The summed E-state index contributed by atoms with van der Waals surface area (Å²) < 4.78 is 13.3. The van der Waals surface area contributed by atoms with Crippen LogP contribution in [0.25, 0.3) is 0 Å². The van der Waals surface area contributed by atoms with Crippen LogP contribution in [0, 0.1) is 5.82 Å². The summed E-state index contributed by atoms with van der Waals surface area (Å²) in [5.74, 6) is 0.311. The first-order chi connectivity index (χ1) is 16.5. The molecule has 3 rings (SSSR count). The number of anilines is 1. The molecule has 0 atom stereocenters. The van der Waals surface area contributed by atoms with Crippen LogP contribution >= 0.6 is 0 Å². The molecule has 1 N–H and O–H groups in total. The van der Waals surface area contributed by atoms with E-state index in [0.29, 0.717) is 31.0 Å². The summed E-state index contributed by atoms with van der Waals surface area (Å²) in [5, 5.41) is 2.90. The standard InChI is InChI=1S/C26H36FN5O2/c1-28-26-29-17-16-22(30-26)19-31(2)24(33)11-5-3-4-8-18-32(23-9-6-7-10-23)25(34)20-12-14-21(27)15-13-20/h12-17,23H,3-11,18-19H2,1-2H3,(H,28,29,30). The van der Waals surface area contributed by atoms with Gasteiger partial charge in [0.15, 0.2) is 0 Å². The number of nitrogens with zero attached hydrogens (tertiary/aromatic N) is 4. The summed E-state index contributed by atoms with van der Waals surface area (Å²) in [6.45, 7) is 1.16. The molecule has 0 bridgehead atoms. The topological polar surface area (TPSA) is 78.4 Å². The quantitative estimate of drug-likeness (QED) is 0.458. The maximum absolute atomic E-state index is 13.3. The van der Waals surface area contributed by atoms with Crippen molar-refractivity contribution in [3.05, 3.63) is 53.6 Å². The first-order valence-corrected chi connectivity index (χ1v) is 12.3. The normalized spacial score (nSPS) is 13.6. The number of rotatable bonds is 12. The Morgan fingerprint density at radius 1 is 1.06 bits per heavy atom. The van der Waals surface area contributed by atoms with Crippen LogP contribution in [-0.2, 0) is 11.3 Å². The third-order valence-electron chi connectivity index (χ3n) is 6.42. The van der Waals surface area contributed by atoms with Gasteiger partial charge in [-0.2, -0.15) is 0 Å². The van der Waals surface area contributed by atoms with Crippen LogP contribution < -0.4 is 5.32 Å². The number of carbonyl (C=O) groups excluding carboxylic acids is 2. The zero-order valence-corrected chi connectivity index (χ0v) is 20.3. The van der Waals surface area contributed by atoms with E-state index in [1.165, 1.54) is 12.1 Å². The minimum atomic E-state index is -0.330. The van der Waals surface area contributed by atoms with E-state index in [0.717, 1.165) is 57.1 Å². The van der Waals surface area contributed by atoms with E-state index in [4.69, 9.17) is 0 Å². The van der Waals surface area contributed by atoms with Crippen LogP contribution in [0.4, 0.5) is 10.3 Å². The fraction of sp³-hybridized carbons (Fsp3) is 0.538. The maximum atomic E-state index is 13.3. The van der Waals surface area contributed by atoms with E-state index >= 15 is 0 Å². The average Bonchev–Trinajstić information content (AvgIpc) is 3.38. The lowest BCUT2D eigenvalue weighted by Gasteiger charge is -2.29. The fourth-order valence-corrected chi connectivity index (χ4v) is 4.46. The van der Waals surface area contributed by atoms with Crippen LogP contribution in [0.5, 0.6) is 0 Å². The Hall–Kier alpha value is -3.03. The molecule has 2 aromatic rings. The molecule has 1 fully saturated rings. The predicted molar refractivity (Wildman–Crippen MR) is 131 cm³/mol. The summed E-state index contributed by atoms with van der Waals surface area (Å²) in [5.41, 5.74) is 1.35. The summed E-state index contributed by atoms with van der Waals surface area (Å²) >= 11 is 0. The van der Waals surface area contributed by atoms with E-state index in [1.54, 1.807) is 37.3 Å². The number of benzene rings is 1. The Morgan fingerprint density at radius 2 is 1.76 bits per heavy atom. The highest BCUT2D eigenvalue weighted by molar-refractivity contribution is 5.94. The average molecular weight is 470 g/mol. The van der Waals surface area contributed by atoms with Crippen LogP contribution in [-0.4, -0.2) is 58.3 Å². The van der Waals surface area contributed by atoms with Gasteiger partial charge in [0.05, 0.1) is 12.2 Å². The molecule has 0 saturated heterocycles. The maximum Gasteiger partial charge on any atom is 0.254 e. The number of carbonyl (C=O) groups is 2. The van der Waals surface area contributed by atoms with Gasteiger partial charge in [-0.15, -0.1) is 0 Å². The Labute approximate surface area is 201 Å². The molecule has 0 radical (unpaired) electrons. The zero-order valence-electron chi connectivity index (χ0n) is 20.3. The highest BCUT2D eigenvalue weighted by atomic mass is 19.1. The summed E-state index contributed by atoms with van der Waals surface area (Å²) in [6.07, 6.45) is 10.2. The van der Waals surface area contributed by atoms with Crippen molar-refractivity contribution in [2.24, 2.45) is 0 Å². The number of unbranched alkanes of at least 4 members (excludes halogenated alkanes) is 3. The molecule has 2 amide bonds. The third-order valence-corrected chi connectivity index (χ3v) is 6.42. The van der Waals surface area contributed by atoms with Crippen molar-refractivity contribution in [2.75, 3.05) is 26.0 Å². The molecule has 184 valence electrons. The van der Waals surface area contributed by atoms with E-state index in [2.05, 4.69) is 15.3 Å². The summed E-state index contributed by atoms with van der Waals surface area (Å²) in [4.78, 5) is 37.7. The number of hydrogen-bond acceptors (Lipinski definition) is 5. The first kappa shape index (κ1) is 25.6. The lowest BCUT2D eigenvalue weighted by atomic mass is 10.1. The predicted octanol–water partition coefficient (Wildman–Crippen LogP) is 4.65. The molecule has 0 spiro atoms. The van der Waals surface area contributed by atoms with Crippen molar-refractivity contribution in [1.82, 2.24) is 19.8 Å². The zero-order chi connectivity index (χ0) is 24.3. The molecule has 1 aromatic carbocycles. The lowest BCUT2D eigenvalue weighted by Crippen LogP contribution is -2.39. The van der Waals surface area contributed by atoms with Gasteiger partial charge in [-0.3, -0.25) is 9.59 Å². The van der Waals surface area contributed by atoms with E-state index in [9.17, 15) is 14.0 Å². The second-order valence-electron chi connectivity index (χ2n) is 8.98. The molecular weight excluding hydrogens is 433 g/mol. The summed E-state index contributed by atoms with van der Waals surface area (Å²) in [7, 11) is 3.56. The molecule has 7 nitrogen and oxygen atoms in total. The SMILES string of the molecule is CNc1nccc(CN(C)C(=O)CCCCCCN(C(=O)c2ccc(F)cc2)C2CCCC2)n1. The van der Waals surface area contributed by atoms with Gasteiger partial charge < -0.3 is 15.1 Å². The first-order valence-electron chi connectivity index (χ1n) is 12.3. The van der Waals surface area contributed by atoms with Gasteiger partial charge in [0.1, 0.15) is 5.82 Å². The van der Waals surface area contributed by atoms with Crippen LogP contribution in [0.3, 0.4) is 0 Å². The van der Waals surface area contributed by atoms with Crippen molar-refractivity contribution in [3.8, 4) is 0 Å². The number of halogens is 1. The molecule has 1 saturated carbocycles. The van der Waals surface area contributed by atoms with Crippen molar-refractivity contribution in [2.45, 2.75) is 70.4 Å². The molecule has 34 heavy (non-hydrogen) atoms. The van der Waals surface area contributed by atoms with E-state index in [-0.39, 0.29) is 23.7 Å². The second kappa shape index (κ2) is 13.0. The second-order valence-corrected chi connectivity index (χ2v) is 8.98. The van der Waals surface area contributed by atoms with Crippen molar-refractivity contribution in [3.63, 3.8) is 0 Å². The minimum absolute atomic E-state index is 0.00476. The Bertz CT molecular complexity index is 931. The van der Waals surface area contributed by atoms with E-state index in [1.807, 2.05) is 11.0 Å². The molecule has 1 aromatic heterocycles. The molecule has 1 heterocycles. The Kier molecular flexibility index (Phi) is 9.79. The van der Waals surface area contributed by atoms with E-state index < -0.39 is 0 Å². The van der Waals surface area contributed by atoms with Crippen LogP contribution in [0.1, 0.15) is 73.8 Å². The number of amides is 2. The van der Waals surface area contributed by atoms with Gasteiger partial charge in [-0.25, -0.2) is 14.4 Å². The van der Waals surface area contributed by atoms with Gasteiger partial charge in [0, 0.05) is 44.9 Å². The Balaban J connectivity index is 1.39. The number of aromatic nitrogens is 2. The van der Waals surface area contributed by atoms with Crippen LogP contribution in [0.2, 0.25) is 0 Å². The molecular formula is C26H36FN5O2. The minimum Gasteiger partial charge on any atom is -0.357 e. The van der Waals surface area contributed by atoms with Crippen molar-refractivity contribution >= 4 is 17.8 Å². The Morgan fingerprint density at radius 3 is 2.47 bits per heavy atom. The highest BCUT2D eigenvalue weighted by Gasteiger charge is 2.27.